The Hall–Kier alpha value is -1.69. The number of likely N-dealkylation sites (N-methyl/N-ethyl adjacent to an activating group) is 1. The van der Waals surface area contributed by atoms with Crippen LogP contribution < -0.4 is 16.0 Å². The van der Waals surface area contributed by atoms with E-state index >= 15 is 0 Å². The fourth-order valence-corrected chi connectivity index (χ4v) is 2.00. The Balaban J connectivity index is 2.88. The van der Waals surface area contributed by atoms with Gasteiger partial charge in [-0.05, 0) is 25.0 Å². The summed E-state index contributed by atoms with van der Waals surface area (Å²) in [7, 11) is 1.80. The molecule has 0 atom stereocenters. The predicted octanol–water partition coefficient (Wildman–Crippen LogP) is 0.987. The molecule has 19 heavy (non-hydrogen) atoms. The van der Waals surface area contributed by atoms with E-state index in [1.165, 1.54) is 0 Å². The van der Waals surface area contributed by atoms with Crippen molar-refractivity contribution >= 4 is 28.9 Å². The Labute approximate surface area is 119 Å². The minimum Gasteiger partial charge on any atom is -0.389 e. The number of aromatic nitrogens is 1. The number of hydrogen-bond donors (Lipinski definition) is 2. The molecule has 0 aliphatic rings. The van der Waals surface area contributed by atoms with Gasteiger partial charge in [0.15, 0.2) is 0 Å². The second kappa shape index (κ2) is 7.04. The van der Waals surface area contributed by atoms with Crippen LogP contribution in [-0.4, -0.2) is 36.0 Å². The van der Waals surface area contributed by atoms with Crippen LogP contribution in [0.3, 0.4) is 0 Å². The Bertz CT molecular complexity index is 476. The number of rotatable bonds is 6. The molecule has 3 N–H and O–H groups in total. The van der Waals surface area contributed by atoms with Crippen molar-refractivity contribution in [2.75, 3.05) is 25.0 Å². The molecule has 1 amide bonds. The van der Waals surface area contributed by atoms with Gasteiger partial charge >= 0.3 is 0 Å². The average molecular weight is 280 g/mol. The Kier molecular flexibility index (Phi) is 5.69. The standard InChI is InChI=1S/C13H20N4OS/c1-4-6-15-10(18)8-17(3)13-11(12(14)19)9(2)5-7-16-13/h5,7H,4,6,8H2,1-3H3,(H2,14,19)(H,15,18). The van der Waals surface area contributed by atoms with E-state index < -0.39 is 0 Å². The summed E-state index contributed by atoms with van der Waals surface area (Å²) in [6, 6.07) is 1.85. The normalized spacial score (nSPS) is 10.1. The van der Waals surface area contributed by atoms with Gasteiger partial charge in [0.05, 0.1) is 12.1 Å². The van der Waals surface area contributed by atoms with Gasteiger partial charge in [0, 0.05) is 19.8 Å². The molecule has 1 aromatic heterocycles. The van der Waals surface area contributed by atoms with Crippen LogP contribution in [0.15, 0.2) is 12.3 Å². The number of carbonyl (C=O) groups is 1. The van der Waals surface area contributed by atoms with Gasteiger partial charge in [0.1, 0.15) is 10.8 Å². The molecule has 0 aliphatic heterocycles. The van der Waals surface area contributed by atoms with Crippen LogP contribution in [0.4, 0.5) is 5.82 Å². The van der Waals surface area contributed by atoms with E-state index in [0.29, 0.717) is 17.4 Å². The van der Waals surface area contributed by atoms with Crippen molar-refractivity contribution in [1.29, 1.82) is 0 Å². The molecule has 0 saturated carbocycles. The Morgan fingerprint density at radius 2 is 2.26 bits per heavy atom. The Morgan fingerprint density at radius 1 is 1.58 bits per heavy atom. The van der Waals surface area contributed by atoms with Gasteiger partial charge in [0.25, 0.3) is 0 Å². The fraction of sp³-hybridized carbons (Fsp3) is 0.462. The van der Waals surface area contributed by atoms with Crippen LogP contribution in [0.2, 0.25) is 0 Å². The van der Waals surface area contributed by atoms with Crippen molar-refractivity contribution in [2.24, 2.45) is 5.73 Å². The highest BCUT2D eigenvalue weighted by atomic mass is 32.1. The smallest absolute Gasteiger partial charge is 0.239 e. The first-order chi connectivity index (χ1) is 8.97. The van der Waals surface area contributed by atoms with E-state index in [2.05, 4.69) is 10.3 Å². The van der Waals surface area contributed by atoms with Crippen LogP contribution in [0.1, 0.15) is 24.5 Å². The number of pyridine rings is 1. The summed E-state index contributed by atoms with van der Waals surface area (Å²) < 4.78 is 0. The van der Waals surface area contributed by atoms with Gasteiger partial charge in [0.2, 0.25) is 5.91 Å². The third-order valence-corrected chi connectivity index (χ3v) is 2.90. The molecule has 1 aromatic rings. The molecule has 5 nitrogen and oxygen atoms in total. The van der Waals surface area contributed by atoms with Gasteiger partial charge in [-0.15, -0.1) is 0 Å². The van der Waals surface area contributed by atoms with Gasteiger partial charge < -0.3 is 16.0 Å². The lowest BCUT2D eigenvalue weighted by Gasteiger charge is -2.21. The third kappa shape index (κ3) is 4.17. The summed E-state index contributed by atoms with van der Waals surface area (Å²) in [6.07, 6.45) is 2.60. The van der Waals surface area contributed by atoms with Crippen molar-refractivity contribution in [3.05, 3.63) is 23.4 Å². The van der Waals surface area contributed by atoms with Crippen LogP contribution >= 0.6 is 12.2 Å². The number of aryl methyl sites for hydroxylation is 1. The fourth-order valence-electron chi connectivity index (χ4n) is 1.75. The molecule has 6 heteroatoms. The monoisotopic (exact) mass is 280 g/mol. The maximum atomic E-state index is 11.7. The van der Waals surface area contributed by atoms with Crippen LogP contribution in [0.25, 0.3) is 0 Å². The second-order valence-corrected chi connectivity index (χ2v) is 4.84. The van der Waals surface area contributed by atoms with Gasteiger partial charge in [-0.3, -0.25) is 4.79 Å². The van der Waals surface area contributed by atoms with Crippen molar-refractivity contribution in [3.63, 3.8) is 0 Å². The topological polar surface area (TPSA) is 71.2 Å². The summed E-state index contributed by atoms with van der Waals surface area (Å²) in [6.45, 7) is 4.84. The quantitative estimate of drug-likeness (QED) is 0.760. The summed E-state index contributed by atoms with van der Waals surface area (Å²) in [5.74, 6) is 0.598. The molecule has 1 rings (SSSR count). The minimum atomic E-state index is -0.0402. The lowest BCUT2D eigenvalue weighted by molar-refractivity contribution is -0.119. The molecule has 0 aliphatic carbocycles. The van der Waals surface area contributed by atoms with Crippen molar-refractivity contribution < 1.29 is 4.79 Å². The third-order valence-electron chi connectivity index (χ3n) is 2.70. The SMILES string of the molecule is CCCNC(=O)CN(C)c1nccc(C)c1C(N)=S. The van der Waals surface area contributed by atoms with Crippen molar-refractivity contribution in [3.8, 4) is 0 Å². The lowest BCUT2D eigenvalue weighted by Crippen LogP contribution is -2.36. The van der Waals surface area contributed by atoms with Gasteiger partial charge in [-0.1, -0.05) is 19.1 Å². The van der Waals surface area contributed by atoms with Crippen LogP contribution in [0, 0.1) is 6.92 Å². The maximum absolute atomic E-state index is 11.7. The lowest BCUT2D eigenvalue weighted by atomic mass is 10.1. The first-order valence-electron chi connectivity index (χ1n) is 6.20. The number of anilines is 1. The molecule has 0 aromatic carbocycles. The number of nitrogens with one attached hydrogen (secondary N) is 1. The average Bonchev–Trinajstić information content (AvgIpc) is 2.35. The van der Waals surface area contributed by atoms with E-state index in [1.807, 2.05) is 19.9 Å². The largest absolute Gasteiger partial charge is 0.389 e. The molecule has 0 fully saturated rings. The first kappa shape index (κ1) is 15.4. The molecule has 104 valence electrons. The highest BCUT2D eigenvalue weighted by molar-refractivity contribution is 7.80. The van der Waals surface area contributed by atoms with E-state index in [9.17, 15) is 4.79 Å². The van der Waals surface area contributed by atoms with E-state index in [4.69, 9.17) is 18.0 Å². The maximum Gasteiger partial charge on any atom is 0.239 e. The number of thiocarbonyl (C=S) groups is 1. The van der Waals surface area contributed by atoms with Crippen LogP contribution in [-0.2, 0) is 4.79 Å². The molecule has 0 bridgehead atoms. The molecule has 0 saturated heterocycles. The van der Waals surface area contributed by atoms with Gasteiger partial charge in [-0.25, -0.2) is 4.98 Å². The zero-order valence-electron chi connectivity index (χ0n) is 11.6. The molecular weight excluding hydrogens is 260 g/mol. The molecule has 0 spiro atoms. The number of nitrogens with zero attached hydrogens (tertiary/aromatic N) is 2. The number of carbonyl (C=O) groups excluding carboxylic acids is 1. The molecule has 0 radical (unpaired) electrons. The summed E-state index contributed by atoms with van der Waals surface area (Å²) in [5, 5.41) is 2.82. The van der Waals surface area contributed by atoms with E-state index in [-0.39, 0.29) is 12.5 Å². The number of amides is 1. The summed E-state index contributed by atoms with van der Waals surface area (Å²) in [5.41, 5.74) is 7.41. The van der Waals surface area contributed by atoms with Gasteiger partial charge in [-0.2, -0.15) is 0 Å². The van der Waals surface area contributed by atoms with Crippen LogP contribution in [0.5, 0.6) is 0 Å². The number of nitrogens with two attached hydrogens (primary N) is 1. The highest BCUT2D eigenvalue weighted by Gasteiger charge is 2.15. The predicted molar refractivity (Wildman–Crippen MR) is 81.4 cm³/mol. The Morgan fingerprint density at radius 3 is 2.84 bits per heavy atom. The summed E-state index contributed by atoms with van der Waals surface area (Å²) >= 11 is 5.05. The highest BCUT2D eigenvalue weighted by Crippen LogP contribution is 2.19. The second-order valence-electron chi connectivity index (χ2n) is 4.40. The summed E-state index contributed by atoms with van der Waals surface area (Å²) in [4.78, 5) is 18.0. The van der Waals surface area contributed by atoms with Crippen molar-refractivity contribution in [2.45, 2.75) is 20.3 Å². The zero-order valence-corrected chi connectivity index (χ0v) is 12.4. The van der Waals surface area contributed by atoms with E-state index in [1.54, 1.807) is 18.1 Å². The molecular formula is C13H20N4OS. The molecule has 0 unspecified atom stereocenters. The molecule has 1 heterocycles. The van der Waals surface area contributed by atoms with E-state index in [0.717, 1.165) is 17.5 Å². The zero-order chi connectivity index (χ0) is 14.4. The van der Waals surface area contributed by atoms with Crippen molar-refractivity contribution in [1.82, 2.24) is 10.3 Å². The number of hydrogen-bond acceptors (Lipinski definition) is 4. The first-order valence-corrected chi connectivity index (χ1v) is 6.61. The minimum absolute atomic E-state index is 0.0402.